The molecular formula is C34H48N4O4Si. The number of benzene rings is 2. The number of hydrogen-bond donors (Lipinski definition) is 3. The number of aromatic nitrogens is 1. The van der Waals surface area contributed by atoms with Crippen molar-refractivity contribution in [1.82, 2.24) is 15.2 Å². The number of carbonyl (C=O) groups is 1. The van der Waals surface area contributed by atoms with E-state index in [0.29, 0.717) is 26.1 Å². The van der Waals surface area contributed by atoms with Crippen molar-refractivity contribution in [2.75, 3.05) is 37.6 Å². The summed E-state index contributed by atoms with van der Waals surface area (Å²) in [5.41, 5.74) is 2.95. The summed E-state index contributed by atoms with van der Waals surface area (Å²) in [6.07, 6.45) is 2.67. The molecule has 0 bridgehead atoms. The molecule has 1 saturated heterocycles. The predicted octanol–water partition coefficient (Wildman–Crippen LogP) is 5.67. The summed E-state index contributed by atoms with van der Waals surface area (Å²) in [5, 5.41) is 23.9. The maximum Gasteiger partial charge on any atom is 0.227 e. The lowest BCUT2D eigenvalue weighted by molar-refractivity contribution is -0.130. The monoisotopic (exact) mass is 604 g/mol. The predicted molar refractivity (Wildman–Crippen MR) is 175 cm³/mol. The Bertz CT molecular complexity index is 1330. The Balaban J connectivity index is 1.33. The Hall–Kier alpha value is -3.40. The number of piperazine rings is 1. The first-order valence-corrected chi connectivity index (χ1v) is 18.2. The molecule has 232 valence electrons. The van der Waals surface area contributed by atoms with E-state index in [4.69, 9.17) is 4.43 Å². The normalized spacial score (nSPS) is 15.8. The fraction of sp³-hybridized carbons (Fsp3) is 0.471. The van der Waals surface area contributed by atoms with Crippen LogP contribution >= 0.6 is 0 Å². The molecule has 9 heteroatoms. The Morgan fingerprint density at radius 1 is 0.977 bits per heavy atom. The van der Waals surface area contributed by atoms with Crippen LogP contribution in [0.25, 0.3) is 0 Å². The molecule has 1 fully saturated rings. The average Bonchev–Trinajstić information content (AvgIpc) is 2.95. The second kappa shape index (κ2) is 13.9. The molecule has 0 saturated carbocycles. The maximum atomic E-state index is 13.1. The van der Waals surface area contributed by atoms with Gasteiger partial charge in [-0.25, -0.2) is 4.98 Å². The number of phenolic OH excluding ortho intramolecular Hbond substituents is 2. The highest BCUT2D eigenvalue weighted by molar-refractivity contribution is 6.74. The van der Waals surface area contributed by atoms with Crippen LogP contribution in [0.15, 0.2) is 66.9 Å². The first-order valence-electron chi connectivity index (χ1n) is 15.3. The van der Waals surface area contributed by atoms with Gasteiger partial charge >= 0.3 is 0 Å². The van der Waals surface area contributed by atoms with Crippen LogP contribution in [0, 0.1) is 0 Å². The van der Waals surface area contributed by atoms with Crippen molar-refractivity contribution >= 4 is 20.0 Å². The van der Waals surface area contributed by atoms with Gasteiger partial charge in [0.15, 0.2) is 8.32 Å². The van der Waals surface area contributed by atoms with Gasteiger partial charge in [0.1, 0.15) is 17.3 Å². The van der Waals surface area contributed by atoms with Gasteiger partial charge in [0.25, 0.3) is 0 Å². The van der Waals surface area contributed by atoms with Crippen molar-refractivity contribution < 1.29 is 19.4 Å². The third-order valence-corrected chi connectivity index (χ3v) is 13.2. The lowest BCUT2D eigenvalue weighted by atomic mass is 10.0. The molecule has 1 aliphatic rings. The lowest BCUT2D eigenvalue weighted by Crippen LogP contribution is -2.49. The van der Waals surface area contributed by atoms with Gasteiger partial charge in [0.2, 0.25) is 5.91 Å². The fourth-order valence-electron chi connectivity index (χ4n) is 5.18. The van der Waals surface area contributed by atoms with Crippen LogP contribution in [0.2, 0.25) is 18.1 Å². The molecule has 4 rings (SSSR count). The number of nitrogens with zero attached hydrogens (tertiary/aromatic N) is 3. The van der Waals surface area contributed by atoms with Crippen molar-refractivity contribution in [2.24, 2.45) is 0 Å². The van der Waals surface area contributed by atoms with Gasteiger partial charge in [0, 0.05) is 51.0 Å². The molecule has 0 aliphatic carbocycles. The SMILES string of the molecule is C[C@H](Cc1cccc(CC(=O)N2CCN(c3ccccn3)CC2)c1)NC[C@H](O[Si](C)(C)C(C)(C)C)c1cc(O)cc(O)c1. The van der Waals surface area contributed by atoms with Gasteiger partial charge in [-0.05, 0) is 72.4 Å². The molecule has 43 heavy (non-hydrogen) atoms. The van der Waals surface area contributed by atoms with E-state index in [-0.39, 0.29) is 34.6 Å². The second-order valence-electron chi connectivity index (χ2n) is 13.2. The Kier molecular flexibility index (Phi) is 10.5. The molecule has 0 radical (unpaired) electrons. The molecular weight excluding hydrogens is 556 g/mol. The van der Waals surface area contributed by atoms with E-state index in [1.807, 2.05) is 35.2 Å². The quantitative estimate of drug-likeness (QED) is 0.243. The van der Waals surface area contributed by atoms with Crippen molar-refractivity contribution in [1.29, 1.82) is 0 Å². The molecule has 1 aromatic heterocycles. The summed E-state index contributed by atoms with van der Waals surface area (Å²) in [7, 11) is -2.14. The van der Waals surface area contributed by atoms with E-state index in [9.17, 15) is 15.0 Å². The minimum absolute atomic E-state index is 0.0142. The fourth-order valence-corrected chi connectivity index (χ4v) is 6.46. The highest BCUT2D eigenvalue weighted by atomic mass is 28.4. The van der Waals surface area contributed by atoms with Crippen molar-refractivity contribution in [3.63, 3.8) is 0 Å². The molecule has 0 spiro atoms. The summed E-state index contributed by atoms with van der Waals surface area (Å²) in [4.78, 5) is 21.7. The third kappa shape index (κ3) is 9.05. The minimum atomic E-state index is -2.14. The zero-order valence-electron chi connectivity index (χ0n) is 26.5. The number of hydrogen-bond acceptors (Lipinski definition) is 7. The molecule has 3 N–H and O–H groups in total. The zero-order valence-corrected chi connectivity index (χ0v) is 27.5. The van der Waals surface area contributed by atoms with E-state index in [0.717, 1.165) is 36.5 Å². The summed E-state index contributed by atoms with van der Waals surface area (Å²) in [6.45, 7) is 16.7. The molecule has 1 amide bonds. The lowest BCUT2D eigenvalue weighted by Gasteiger charge is -2.39. The zero-order chi connectivity index (χ0) is 31.2. The summed E-state index contributed by atoms with van der Waals surface area (Å²) in [5.74, 6) is 1.16. The first-order chi connectivity index (χ1) is 20.3. The Labute approximate surface area is 257 Å². The molecule has 2 heterocycles. The number of nitrogens with one attached hydrogen (secondary N) is 1. The standard InChI is InChI=1S/C34H48N4O4Si/c1-25(36-24-31(42-43(5,6)34(2,3)4)28-21-29(39)23-30(40)22-28)18-26-10-9-11-27(19-26)20-33(41)38-16-14-37(15-17-38)32-12-7-8-13-35-32/h7-13,19,21-23,25,31,36,39-40H,14-18,20,24H2,1-6H3/t25-,31+/m1/s1. The van der Waals surface area contributed by atoms with E-state index < -0.39 is 8.32 Å². The first kappa shape index (κ1) is 32.5. The van der Waals surface area contributed by atoms with Crippen LogP contribution in [-0.2, 0) is 22.1 Å². The van der Waals surface area contributed by atoms with E-state index in [2.05, 4.69) is 68.1 Å². The highest BCUT2D eigenvalue weighted by Crippen LogP contribution is 2.40. The van der Waals surface area contributed by atoms with Gasteiger partial charge in [-0.2, -0.15) is 0 Å². The number of carbonyl (C=O) groups excluding carboxylic acids is 1. The maximum absolute atomic E-state index is 13.1. The van der Waals surface area contributed by atoms with E-state index in [1.165, 1.54) is 11.6 Å². The van der Waals surface area contributed by atoms with E-state index in [1.54, 1.807) is 18.3 Å². The summed E-state index contributed by atoms with van der Waals surface area (Å²) < 4.78 is 6.76. The third-order valence-electron chi connectivity index (χ3n) is 8.69. The number of aromatic hydroxyl groups is 2. The van der Waals surface area contributed by atoms with Crippen molar-refractivity contribution in [3.8, 4) is 11.5 Å². The van der Waals surface area contributed by atoms with Gasteiger partial charge in [-0.15, -0.1) is 0 Å². The number of rotatable bonds is 11. The van der Waals surface area contributed by atoms with Gasteiger partial charge < -0.3 is 29.8 Å². The van der Waals surface area contributed by atoms with Gasteiger partial charge in [-0.1, -0.05) is 51.1 Å². The highest BCUT2D eigenvalue weighted by Gasteiger charge is 2.39. The molecule has 8 nitrogen and oxygen atoms in total. The summed E-state index contributed by atoms with van der Waals surface area (Å²) in [6, 6.07) is 19.0. The van der Waals surface area contributed by atoms with Crippen LogP contribution in [-0.4, -0.2) is 73.1 Å². The molecule has 1 aliphatic heterocycles. The van der Waals surface area contributed by atoms with Crippen molar-refractivity contribution in [3.05, 3.63) is 83.6 Å². The smallest absolute Gasteiger partial charge is 0.227 e. The Morgan fingerprint density at radius 2 is 1.65 bits per heavy atom. The van der Waals surface area contributed by atoms with Crippen molar-refractivity contribution in [2.45, 2.75) is 70.8 Å². The van der Waals surface area contributed by atoms with E-state index >= 15 is 0 Å². The second-order valence-corrected chi connectivity index (χ2v) is 18.0. The number of anilines is 1. The average molecular weight is 605 g/mol. The molecule has 2 atom stereocenters. The van der Waals surface area contributed by atoms with Crippen LogP contribution in [0.1, 0.15) is 50.5 Å². The largest absolute Gasteiger partial charge is 0.508 e. The van der Waals surface area contributed by atoms with Crippen LogP contribution < -0.4 is 10.2 Å². The van der Waals surface area contributed by atoms with Gasteiger partial charge in [-0.3, -0.25) is 4.79 Å². The minimum Gasteiger partial charge on any atom is -0.508 e. The van der Waals surface area contributed by atoms with Gasteiger partial charge in [0.05, 0.1) is 12.5 Å². The number of phenols is 2. The molecule has 2 aromatic carbocycles. The number of pyridine rings is 1. The topological polar surface area (TPSA) is 98.2 Å². The van der Waals surface area contributed by atoms with Crippen LogP contribution in [0.4, 0.5) is 5.82 Å². The van der Waals surface area contributed by atoms with Crippen LogP contribution in [0.3, 0.4) is 0 Å². The number of amides is 1. The Morgan fingerprint density at radius 3 is 2.28 bits per heavy atom. The molecule has 0 unspecified atom stereocenters. The summed E-state index contributed by atoms with van der Waals surface area (Å²) >= 11 is 0. The molecule has 3 aromatic rings. The van der Waals surface area contributed by atoms with Crippen LogP contribution in [0.5, 0.6) is 11.5 Å².